The van der Waals surface area contributed by atoms with Gasteiger partial charge < -0.3 is 19.8 Å². The van der Waals surface area contributed by atoms with Crippen molar-refractivity contribution in [3.8, 4) is 0 Å². The zero-order chi connectivity index (χ0) is 13.5. The number of carbonyl (C=O) groups is 1. The van der Waals surface area contributed by atoms with Crippen molar-refractivity contribution in [1.29, 1.82) is 0 Å². The highest BCUT2D eigenvalue weighted by molar-refractivity contribution is 5.74. The number of furan rings is 1. The molecule has 2 aromatic rings. The lowest BCUT2D eigenvalue weighted by Gasteiger charge is -2.06. The van der Waals surface area contributed by atoms with Crippen molar-refractivity contribution in [2.45, 2.75) is 6.54 Å². The van der Waals surface area contributed by atoms with E-state index in [-0.39, 0.29) is 12.5 Å². The molecule has 0 aromatic carbocycles. The first-order valence-electron chi connectivity index (χ1n) is 5.67. The third kappa shape index (κ3) is 3.98. The molecule has 0 aliphatic carbocycles. The van der Waals surface area contributed by atoms with E-state index in [2.05, 4.69) is 25.3 Å². The predicted octanol–water partition coefficient (Wildman–Crippen LogP) is 1.27. The van der Waals surface area contributed by atoms with Crippen LogP contribution >= 0.6 is 0 Å². The fourth-order valence-electron chi connectivity index (χ4n) is 1.38. The monoisotopic (exact) mass is 262 g/mol. The standard InChI is InChI=1S/C12H14N4O3/c1-18-12(17)7-14-11-5-10(15-8-16-11)13-6-9-3-2-4-19-9/h2-5,8H,6-7H2,1H3,(H2,13,14,15,16). The zero-order valence-corrected chi connectivity index (χ0v) is 10.4. The Morgan fingerprint density at radius 1 is 1.37 bits per heavy atom. The molecule has 7 nitrogen and oxygen atoms in total. The Kier molecular flexibility index (Phi) is 4.33. The number of hydrogen-bond donors (Lipinski definition) is 2. The third-order valence-electron chi connectivity index (χ3n) is 2.33. The zero-order valence-electron chi connectivity index (χ0n) is 10.4. The fourth-order valence-corrected chi connectivity index (χ4v) is 1.38. The van der Waals surface area contributed by atoms with Crippen LogP contribution in [0.1, 0.15) is 5.76 Å². The molecule has 0 amide bonds. The first kappa shape index (κ1) is 12.9. The van der Waals surface area contributed by atoms with E-state index in [1.54, 1.807) is 12.3 Å². The van der Waals surface area contributed by atoms with Gasteiger partial charge in [-0.1, -0.05) is 0 Å². The van der Waals surface area contributed by atoms with Crippen LogP contribution in [0.15, 0.2) is 35.2 Å². The third-order valence-corrected chi connectivity index (χ3v) is 2.33. The molecule has 2 heterocycles. The van der Waals surface area contributed by atoms with E-state index in [1.165, 1.54) is 13.4 Å². The Hall–Kier alpha value is -2.57. The Labute approximate surface area is 110 Å². The van der Waals surface area contributed by atoms with Crippen LogP contribution in [0.5, 0.6) is 0 Å². The Morgan fingerprint density at radius 3 is 2.84 bits per heavy atom. The van der Waals surface area contributed by atoms with E-state index in [1.807, 2.05) is 12.1 Å². The maximum absolute atomic E-state index is 11.0. The molecule has 0 unspecified atom stereocenters. The van der Waals surface area contributed by atoms with Gasteiger partial charge in [-0.3, -0.25) is 4.79 Å². The van der Waals surface area contributed by atoms with Crippen molar-refractivity contribution >= 4 is 17.6 Å². The number of anilines is 2. The number of nitrogens with one attached hydrogen (secondary N) is 2. The number of carbonyl (C=O) groups excluding carboxylic acids is 1. The molecule has 0 bridgehead atoms. The molecule has 2 aromatic heterocycles. The molecular weight excluding hydrogens is 248 g/mol. The highest BCUT2D eigenvalue weighted by atomic mass is 16.5. The largest absolute Gasteiger partial charge is 0.468 e. The van der Waals surface area contributed by atoms with Gasteiger partial charge in [0, 0.05) is 6.07 Å². The smallest absolute Gasteiger partial charge is 0.325 e. The Balaban J connectivity index is 1.89. The van der Waals surface area contributed by atoms with Crippen molar-refractivity contribution in [2.75, 3.05) is 24.3 Å². The quantitative estimate of drug-likeness (QED) is 0.757. The average Bonchev–Trinajstić information content (AvgIpc) is 2.96. The first-order valence-corrected chi connectivity index (χ1v) is 5.67. The molecule has 0 saturated heterocycles. The number of aromatic nitrogens is 2. The van der Waals surface area contributed by atoms with E-state index < -0.39 is 0 Å². The molecule has 100 valence electrons. The topological polar surface area (TPSA) is 89.3 Å². The summed E-state index contributed by atoms with van der Waals surface area (Å²) < 4.78 is 9.72. The van der Waals surface area contributed by atoms with Gasteiger partial charge in [0.15, 0.2) is 0 Å². The fraction of sp³-hybridized carbons (Fsp3) is 0.250. The molecule has 0 spiro atoms. The summed E-state index contributed by atoms with van der Waals surface area (Å²) in [7, 11) is 1.33. The van der Waals surface area contributed by atoms with E-state index >= 15 is 0 Å². The highest BCUT2D eigenvalue weighted by Crippen LogP contribution is 2.10. The minimum atomic E-state index is -0.358. The van der Waals surface area contributed by atoms with Gasteiger partial charge in [-0.05, 0) is 12.1 Å². The minimum absolute atomic E-state index is 0.0607. The van der Waals surface area contributed by atoms with Gasteiger partial charge in [0.2, 0.25) is 0 Å². The van der Waals surface area contributed by atoms with Crippen LogP contribution in [0.25, 0.3) is 0 Å². The number of ether oxygens (including phenoxy) is 1. The van der Waals surface area contributed by atoms with Crippen molar-refractivity contribution < 1.29 is 13.9 Å². The molecule has 0 fully saturated rings. The molecule has 2 N–H and O–H groups in total. The van der Waals surface area contributed by atoms with Gasteiger partial charge in [-0.25, -0.2) is 9.97 Å². The lowest BCUT2D eigenvalue weighted by atomic mass is 10.4. The van der Waals surface area contributed by atoms with Gasteiger partial charge in [-0.15, -0.1) is 0 Å². The second-order valence-electron chi connectivity index (χ2n) is 3.65. The Bertz CT molecular complexity index is 528. The van der Waals surface area contributed by atoms with Crippen molar-refractivity contribution in [3.63, 3.8) is 0 Å². The van der Waals surface area contributed by atoms with Crippen LogP contribution in [-0.4, -0.2) is 29.6 Å². The van der Waals surface area contributed by atoms with Crippen molar-refractivity contribution in [2.24, 2.45) is 0 Å². The number of rotatable bonds is 6. The van der Waals surface area contributed by atoms with Crippen LogP contribution in [0.3, 0.4) is 0 Å². The molecule has 2 rings (SSSR count). The summed E-state index contributed by atoms with van der Waals surface area (Å²) in [6.07, 6.45) is 3.02. The summed E-state index contributed by atoms with van der Waals surface area (Å²) in [4.78, 5) is 19.1. The van der Waals surface area contributed by atoms with Gasteiger partial charge in [-0.2, -0.15) is 0 Å². The summed E-state index contributed by atoms with van der Waals surface area (Å²) in [5, 5.41) is 5.93. The summed E-state index contributed by atoms with van der Waals surface area (Å²) >= 11 is 0. The maximum Gasteiger partial charge on any atom is 0.325 e. The summed E-state index contributed by atoms with van der Waals surface area (Å²) in [5.74, 6) is 1.63. The Morgan fingerprint density at radius 2 is 2.16 bits per heavy atom. The molecule has 0 aliphatic rings. The van der Waals surface area contributed by atoms with Crippen LogP contribution in [0.2, 0.25) is 0 Å². The number of hydrogen-bond acceptors (Lipinski definition) is 7. The van der Waals surface area contributed by atoms with Crippen LogP contribution < -0.4 is 10.6 Å². The van der Waals surface area contributed by atoms with Gasteiger partial charge in [0.1, 0.15) is 30.3 Å². The van der Waals surface area contributed by atoms with E-state index in [9.17, 15) is 4.79 Å². The summed E-state index contributed by atoms with van der Waals surface area (Å²) in [6, 6.07) is 5.39. The first-order chi connectivity index (χ1) is 9.28. The molecule has 0 atom stereocenters. The number of methoxy groups -OCH3 is 1. The van der Waals surface area contributed by atoms with Crippen LogP contribution in [0, 0.1) is 0 Å². The lowest BCUT2D eigenvalue weighted by Crippen LogP contribution is -2.16. The molecule has 19 heavy (non-hydrogen) atoms. The van der Waals surface area contributed by atoms with Crippen LogP contribution in [-0.2, 0) is 16.1 Å². The van der Waals surface area contributed by atoms with E-state index in [0.29, 0.717) is 18.2 Å². The van der Waals surface area contributed by atoms with Crippen LogP contribution in [0.4, 0.5) is 11.6 Å². The lowest BCUT2D eigenvalue weighted by molar-refractivity contribution is -0.138. The van der Waals surface area contributed by atoms with Crippen molar-refractivity contribution in [1.82, 2.24) is 9.97 Å². The highest BCUT2D eigenvalue weighted by Gasteiger charge is 2.03. The average molecular weight is 262 g/mol. The van der Waals surface area contributed by atoms with Gasteiger partial charge in [0.05, 0.1) is 19.9 Å². The second-order valence-corrected chi connectivity index (χ2v) is 3.65. The SMILES string of the molecule is COC(=O)CNc1cc(NCc2ccco2)ncn1. The molecule has 7 heteroatoms. The minimum Gasteiger partial charge on any atom is -0.468 e. The molecule has 0 radical (unpaired) electrons. The predicted molar refractivity (Wildman–Crippen MR) is 68.6 cm³/mol. The van der Waals surface area contributed by atoms with E-state index in [4.69, 9.17) is 4.42 Å². The molecular formula is C12H14N4O3. The second kappa shape index (κ2) is 6.39. The summed E-state index contributed by atoms with van der Waals surface area (Å²) in [5.41, 5.74) is 0. The number of esters is 1. The molecule has 0 aliphatic heterocycles. The van der Waals surface area contributed by atoms with Gasteiger partial charge in [0.25, 0.3) is 0 Å². The maximum atomic E-state index is 11.0. The normalized spacial score (nSPS) is 9.95. The van der Waals surface area contributed by atoms with E-state index in [0.717, 1.165) is 5.76 Å². The van der Waals surface area contributed by atoms with Gasteiger partial charge >= 0.3 is 5.97 Å². The van der Waals surface area contributed by atoms with Crippen molar-refractivity contribution in [3.05, 3.63) is 36.5 Å². The number of nitrogens with zero attached hydrogens (tertiary/aromatic N) is 2. The molecule has 0 saturated carbocycles. The summed E-state index contributed by atoms with van der Waals surface area (Å²) in [6.45, 7) is 0.589.